The van der Waals surface area contributed by atoms with Crippen molar-refractivity contribution in [3.8, 4) is 0 Å². The smallest absolute Gasteiger partial charge is 0.154 e. The molecule has 0 amide bonds. The zero-order valence-electron chi connectivity index (χ0n) is 69.5. The first-order valence-electron chi connectivity index (χ1n) is 41.2. The van der Waals surface area contributed by atoms with Crippen LogP contribution in [-0.2, 0) is 52.9 Å². The van der Waals surface area contributed by atoms with E-state index in [0.29, 0.717) is 44.8 Å². The summed E-state index contributed by atoms with van der Waals surface area (Å²) in [7, 11) is 1.96. The van der Waals surface area contributed by atoms with Gasteiger partial charge in [0.05, 0.1) is 98.3 Å². The third-order valence-electron chi connectivity index (χ3n) is 22.9. The molecule has 0 bridgehead atoms. The molecule has 5 aromatic carbocycles. The van der Waals surface area contributed by atoms with Crippen molar-refractivity contribution in [3.05, 3.63) is 298 Å². The fourth-order valence-corrected chi connectivity index (χ4v) is 15.9. The number of hydrogen-bond acceptors (Lipinski definition) is 21. The summed E-state index contributed by atoms with van der Waals surface area (Å²) in [5.74, 6) is 4.16. The minimum Gasteiger partial charge on any atom is -0.341 e. The van der Waals surface area contributed by atoms with E-state index >= 15 is 0 Å². The molecule has 15 aromatic rings. The lowest BCUT2D eigenvalue weighted by molar-refractivity contribution is 0.471. The number of nitrogens with one attached hydrogen (secondary N) is 5. The summed E-state index contributed by atoms with van der Waals surface area (Å²) in [5, 5.41) is 36.8. The number of aryl methyl sites for hydroxylation is 4. The van der Waals surface area contributed by atoms with Crippen LogP contribution in [0.25, 0.3) is 54.5 Å². The number of nitrogens with zero attached hydrogens (tertiary/aromatic N) is 21. The second kappa shape index (κ2) is 33.8. The molecular formula is C95H94N26. The SMILES string of the molecule is CC1=CC(Cn2ccc3cc(NC4=NCc5cccnc54)ccc32)=NC1.CC1=CC(Cn2ccc3cc(NC4=NCc5nccnc54)ccc32)=NC1.CCC(C)n1nc(C)c2cc(NC3=NCc4cccnc43)ccc21.CCC(C)n1nc2ccc(NC3=NCc4cccnc43)cc2c1C.Cc1c2cc(NC3=NCc4cccnc43)ccc2nn1C. The molecule has 5 N–H and O–H groups in total. The van der Waals surface area contributed by atoms with Crippen LogP contribution in [0.1, 0.15) is 140 Å². The average molecular weight is 1600 g/mol. The molecule has 10 aromatic heterocycles. The topological polar surface area (TPSA) is 287 Å². The van der Waals surface area contributed by atoms with Gasteiger partial charge in [-0.15, -0.1) is 0 Å². The van der Waals surface area contributed by atoms with Gasteiger partial charge in [-0.3, -0.25) is 73.9 Å². The van der Waals surface area contributed by atoms with E-state index in [9.17, 15) is 0 Å². The van der Waals surface area contributed by atoms with E-state index in [-0.39, 0.29) is 0 Å². The molecule has 604 valence electrons. The number of benzene rings is 5. The fraction of sp³-hybridized carbons (Fsp3) is 0.242. The predicted octanol–water partition coefficient (Wildman–Crippen LogP) is 17.8. The van der Waals surface area contributed by atoms with Crippen molar-refractivity contribution >= 4 is 124 Å². The molecule has 22 rings (SSSR count). The molecule has 7 aliphatic rings. The summed E-state index contributed by atoms with van der Waals surface area (Å²) < 4.78 is 10.6. The van der Waals surface area contributed by atoms with Crippen LogP contribution in [0.3, 0.4) is 0 Å². The van der Waals surface area contributed by atoms with Crippen LogP contribution < -0.4 is 26.6 Å². The lowest BCUT2D eigenvalue weighted by Gasteiger charge is -2.11. The molecule has 2 unspecified atom stereocenters. The minimum absolute atomic E-state index is 0.398. The van der Waals surface area contributed by atoms with E-state index < -0.39 is 0 Å². The molecule has 0 fully saturated rings. The number of rotatable bonds is 13. The monoisotopic (exact) mass is 1600 g/mol. The highest BCUT2D eigenvalue weighted by Crippen LogP contribution is 2.33. The van der Waals surface area contributed by atoms with Crippen molar-refractivity contribution in [3.63, 3.8) is 0 Å². The van der Waals surface area contributed by atoms with Gasteiger partial charge in [-0.05, 0) is 201 Å². The van der Waals surface area contributed by atoms with Gasteiger partial charge < -0.3 is 35.7 Å². The van der Waals surface area contributed by atoms with Crippen molar-refractivity contribution in [1.82, 2.24) is 68.4 Å². The normalized spacial score (nSPS) is 14.8. The van der Waals surface area contributed by atoms with Crippen molar-refractivity contribution in [2.24, 2.45) is 42.0 Å². The Morgan fingerprint density at radius 3 is 1.20 bits per heavy atom. The Labute approximate surface area is 700 Å². The van der Waals surface area contributed by atoms with E-state index in [1.54, 1.807) is 18.6 Å². The largest absolute Gasteiger partial charge is 0.341 e. The van der Waals surface area contributed by atoms with E-state index in [1.807, 2.05) is 66.7 Å². The van der Waals surface area contributed by atoms with Gasteiger partial charge >= 0.3 is 0 Å². The first-order chi connectivity index (χ1) is 59.1. The van der Waals surface area contributed by atoms with E-state index in [0.717, 1.165) is 170 Å². The van der Waals surface area contributed by atoms with Gasteiger partial charge in [-0.1, -0.05) is 49.3 Å². The number of anilines is 5. The quantitative estimate of drug-likeness (QED) is 0.0718. The van der Waals surface area contributed by atoms with E-state index in [4.69, 9.17) is 10.2 Å². The number of amidine groups is 5. The molecule has 2 atom stereocenters. The van der Waals surface area contributed by atoms with Crippen LogP contribution in [0.2, 0.25) is 0 Å². The molecule has 0 aliphatic carbocycles. The second-order valence-electron chi connectivity index (χ2n) is 31.4. The summed E-state index contributed by atoms with van der Waals surface area (Å²) in [6, 6.07) is 52.8. The molecule has 121 heavy (non-hydrogen) atoms. The van der Waals surface area contributed by atoms with Crippen molar-refractivity contribution < 1.29 is 0 Å². The Balaban J connectivity index is 0.000000104. The molecule has 0 spiro atoms. The fourth-order valence-electron chi connectivity index (χ4n) is 15.9. The Hall–Kier alpha value is -14.6. The second-order valence-corrected chi connectivity index (χ2v) is 31.4. The van der Waals surface area contributed by atoms with Gasteiger partial charge in [0, 0.05) is 169 Å². The molecule has 0 radical (unpaired) electrons. The van der Waals surface area contributed by atoms with Gasteiger partial charge in [0.15, 0.2) is 29.2 Å². The average Bonchev–Trinajstić information content (AvgIpc) is 1.66. The van der Waals surface area contributed by atoms with Crippen LogP contribution in [0.15, 0.2) is 259 Å². The predicted molar refractivity (Wildman–Crippen MR) is 489 cm³/mol. The lowest BCUT2D eigenvalue weighted by Crippen LogP contribution is -2.13. The summed E-state index contributed by atoms with van der Waals surface area (Å²) in [4.78, 5) is 58.4. The molecular weight excluding hydrogens is 1510 g/mol. The Morgan fingerprint density at radius 1 is 0.355 bits per heavy atom. The summed E-state index contributed by atoms with van der Waals surface area (Å²) in [6.45, 7) is 25.9. The molecule has 0 saturated carbocycles. The number of aliphatic imine (C=N–C) groups is 7. The van der Waals surface area contributed by atoms with Crippen LogP contribution >= 0.6 is 0 Å². The van der Waals surface area contributed by atoms with Crippen molar-refractivity contribution in [1.29, 1.82) is 0 Å². The number of fused-ring (bicyclic) bond motifs is 10. The van der Waals surface area contributed by atoms with E-state index in [2.05, 4.69) is 317 Å². The van der Waals surface area contributed by atoms with Gasteiger partial charge in [0.1, 0.15) is 28.5 Å². The molecule has 0 saturated heterocycles. The lowest BCUT2D eigenvalue weighted by atomic mass is 10.1. The number of hydrogen-bond donors (Lipinski definition) is 5. The summed E-state index contributed by atoms with van der Waals surface area (Å²) in [5.41, 5.74) is 29.3. The highest BCUT2D eigenvalue weighted by Gasteiger charge is 2.25. The molecule has 26 heteroatoms. The standard InChI is InChI=1S/C21H19N5.C20H18N6.2C19H21N5.C16H15N5/c1-14-9-18(23-11-14)13-26-8-6-15-10-17(4-5-19(15)26)25-21-20-16(12-24-21)3-2-7-22-20;1-13-8-16(23-10-13)12-26-7-4-14-9-15(2-3-18(14)26)25-20-19-17(11-24-20)21-5-6-22-19;1-4-12(2)24-13(3)16-10-15(7-8-17(16)23-24)22-19-18-14(11-21-19)6-5-9-20-18;1-4-12(2)24-17-8-7-15(10-16(17)13(3)23-24)22-19-18-14(11-21-19)6-5-9-20-18;1-10-13-8-12(5-6-14(13)20-21(10)2)19-16-15-11(9-18-16)4-3-7-17-15/h2-10H,11-13H2,1H3,(H,24,25);2-9H,10-12H2,1H3,(H,24,25);2*5-10,12H,4,11H2,1-3H3,(H,21,22);3-8H,9H2,1-2H3,(H,18,19). The number of pyridine rings is 4. The molecule has 17 heterocycles. The summed E-state index contributed by atoms with van der Waals surface area (Å²) >= 11 is 0. The van der Waals surface area contributed by atoms with Crippen LogP contribution in [-0.4, -0.2) is 122 Å². The van der Waals surface area contributed by atoms with Crippen molar-refractivity contribution in [2.75, 3.05) is 39.7 Å². The third kappa shape index (κ3) is 16.4. The van der Waals surface area contributed by atoms with Crippen LogP contribution in [0, 0.1) is 20.8 Å². The first kappa shape index (κ1) is 77.7. The van der Waals surface area contributed by atoms with Crippen LogP contribution in [0.4, 0.5) is 28.4 Å². The molecule has 7 aliphatic heterocycles. The first-order valence-corrected chi connectivity index (χ1v) is 41.2. The zero-order valence-corrected chi connectivity index (χ0v) is 69.5. The maximum Gasteiger partial charge on any atom is 0.154 e. The van der Waals surface area contributed by atoms with Gasteiger partial charge in [-0.2, -0.15) is 15.3 Å². The number of allylic oxidation sites excluding steroid dienone is 2. The van der Waals surface area contributed by atoms with Gasteiger partial charge in [0.2, 0.25) is 0 Å². The van der Waals surface area contributed by atoms with E-state index in [1.165, 1.54) is 77.2 Å². The zero-order chi connectivity index (χ0) is 82.8. The Kier molecular flexibility index (Phi) is 21.7. The van der Waals surface area contributed by atoms with Gasteiger partial charge in [0.25, 0.3) is 0 Å². The van der Waals surface area contributed by atoms with Crippen LogP contribution in [0.5, 0.6) is 0 Å². The highest BCUT2D eigenvalue weighted by molar-refractivity contribution is 6.13. The highest BCUT2D eigenvalue weighted by atomic mass is 15.3. The Morgan fingerprint density at radius 2 is 0.744 bits per heavy atom. The Bertz CT molecular complexity index is 6590. The summed E-state index contributed by atoms with van der Waals surface area (Å²) in [6.07, 6.45) is 21.4. The minimum atomic E-state index is 0.398. The number of aromatic nitrogens is 14. The van der Waals surface area contributed by atoms with Crippen molar-refractivity contribution in [2.45, 2.75) is 133 Å². The molecule has 26 nitrogen and oxygen atoms in total. The third-order valence-corrected chi connectivity index (χ3v) is 22.9. The maximum absolute atomic E-state index is 4.74. The maximum atomic E-state index is 4.74. The van der Waals surface area contributed by atoms with Gasteiger partial charge in [-0.25, -0.2) is 4.98 Å².